The van der Waals surface area contributed by atoms with Crippen molar-refractivity contribution in [2.24, 2.45) is 0 Å². The number of fused-ring (bicyclic) bond motifs is 1. The third-order valence-electron chi connectivity index (χ3n) is 3.75. The van der Waals surface area contributed by atoms with Crippen molar-refractivity contribution in [3.05, 3.63) is 47.8 Å². The van der Waals surface area contributed by atoms with Gasteiger partial charge in [-0.25, -0.2) is 8.42 Å². The molecule has 1 aromatic carbocycles. The number of rotatable bonds is 2. The molecule has 5 nitrogen and oxygen atoms in total. The van der Waals surface area contributed by atoms with Gasteiger partial charge in [0.15, 0.2) is 0 Å². The molecule has 0 aliphatic carbocycles. The molecule has 0 saturated carbocycles. The predicted octanol–water partition coefficient (Wildman–Crippen LogP) is 3.39. The van der Waals surface area contributed by atoms with Crippen molar-refractivity contribution in [2.75, 3.05) is 10.8 Å². The number of nitrogens with zero attached hydrogens (tertiary/aromatic N) is 2. The number of pyridine rings is 1. The fraction of sp³-hybridized carbons (Fsp3) is 0.312. The van der Waals surface area contributed by atoms with E-state index in [1.807, 2.05) is 6.92 Å². The van der Waals surface area contributed by atoms with Crippen LogP contribution in [0.4, 0.5) is 18.9 Å². The first kappa shape index (κ1) is 17.5. The van der Waals surface area contributed by atoms with Gasteiger partial charge in [0.25, 0.3) is 10.0 Å². The van der Waals surface area contributed by atoms with Crippen molar-refractivity contribution in [2.45, 2.75) is 31.0 Å². The Labute approximate surface area is 143 Å². The maximum atomic E-state index is 12.9. The predicted molar refractivity (Wildman–Crippen MR) is 85.0 cm³/mol. The van der Waals surface area contributed by atoms with Gasteiger partial charge in [-0.05, 0) is 43.7 Å². The highest BCUT2D eigenvalue weighted by molar-refractivity contribution is 7.92. The molecule has 0 N–H and O–H groups in total. The second-order valence-electron chi connectivity index (χ2n) is 5.81. The number of sulfonamides is 1. The number of aryl methyl sites for hydroxylation is 1. The average Bonchev–Trinajstić information content (AvgIpc) is 2.53. The lowest BCUT2D eigenvalue weighted by Gasteiger charge is -2.34. The van der Waals surface area contributed by atoms with E-state index in [9.17, 15) is 21.6 Å². The van der Waals surface area contributed by atoms with Crippen LogP contribution in [0.25, 0.3) is 0 Å². The molecule has 0 amide bonds. The molecule has 25 heavy (non-hydrogen) atoms. The summed E-state index contributed by atoms with van der Waals surface area (Å²) in [7, 11) is -4.06. The molecule has 0 bridgehead atoms. The molecule has 2 aromatic rings. The lowest BCUT2D eigenvalue weighted by molar-refractivity contribution is -0.141. The highest BCUT2D eigenvalue weighted by Gasteiger charge is 2.35. The van der Waals surface area contributed by atoms with Gasteiger partial charge in [0, 0.05) is 6.20 Å². The summed E-state index contributed by atoms with van der Waals surface area (Å²) >= 11 is 0. The molecule has 1 aromatic heterocycles. The first-order chi connectivity index (χ1) is 11.6. The lowest BCUT2D eigenvalue weighted by atomic mass is 10.2. The number of halogens is 3. The second-order valence-corrected chi connectivity index (χ2v) is 7.67. The molecular formula is C16H15F3N2O3S. The van der Waals surface area contributed by atoms with E-state index in [1.165, 1.54) is 0 Å². The molecule has 0 radical (unpaired) electrons. The standard InChI is InChI=1S/C16H15F3N2O3S/c1-10-3-5-13-14(7-10)24-11(2)9-21(13)25(22,23)12-4-6-15(20-8-12)16(17,18)19/h3-8,11H,9H2,1-2H3. The quantitative estimate of drug-likeness (QED) is 0.811. The number of alkyl halides is 3. The van der Waals surface area contributed by atoms with Crippen LogP contribution in [0.1, 0.15) is 18.2 Å². The van der Waals surface area contributed by atoms with Crippen LogP contribution >= 0.6 is 0 Å². The zero-order chi connectivity index (χ0) is 18.4. The van der Waals surface area contributed by atoms with Gasteiger partial charge in [0.05, 0.1) is 12.2 Å². The van der Waals surface area contributed by atoms with Crippen LogP contribution in [0, 0.1) is 6.92 Å². The molecule has 1 atom stereocenters. The van der Waals surface area contributed by atoms with Crippen LogP contribution in [0.5, 0.6) is 5.75 Å². The molecule has 0 fully saturated rings. The van der Waals surface area contributed by atoms with Crippen molar-refractivity contribution < 1.29 is 26.3 Å². The Hall–Kier alpha value is -2.29. The zero-order valence-electron chi connectivity index (χ0n) is 13.4. The van der Waals surface area contributed by atoms with Crippen molar-refractivity contribution >= 4 is 15.7 Å². The fourth-order valence-corrected chi connectivity index (χ4v) is 4.06. The molecule has 2 heterocycles. The van der Waals surface area contributed by atoms with E-state index in [2.05, 4.69) is 4.98 Å². The maximum Gasteiger partial charge on any atom is 0.433 e. The van der Waals surface area contributed by atoms with Crippen LogP contribution in [0.3, 0.4) is 0 Å². The highest BCUT2D eigenvalue weighted by atomic mass is 32.2. The molecule has 0 spiro atoms. The summed E-state index contributed by atoms with van der Waals surface area (Å²) in [5, 5.41) is 0. The minimum Gasteiger partial charge on any atom is -0.487 e. The smallest absolute Gasteiger partial charge is 0.433 e. The van der Waals surface area contributed by atoms with Crippen molar-refractivity contribution in [3.8, 4) is 5.75 Å². The van der Waals surface area contributed by atoms with Gasteiger partial charge in [0.1, 0.15) is 22.4 Å². The Bertz CT molecular complexity index is 896. The van der Waals surface area contributed by atoms with Gasteiger partial charge in [-0.15, -0.1) is 0 Å². The van der Waals surface area contributed by atoms with Crippen LogP contribution < -0.4 is 9.04 Å². The van der Waals surface area contributed by atoms with Crippen molar-refractivity contribution in [1.82, 2.24) is 4.98 Å². The van der Waals surface area contributed by atoms with Crippen LogP contribution in [0.2, 0.25) is 0 Å². The summed E-state index contributed by atoms with van der Waals surface area (Å²) in [5.41, 5.74) is 0.114. The summed E-state index contributed by atoms with van der Waals surface area (Å²) in [6.07, 6.45) is -4.29. The summed E-state index contributed by atoms with van der Waals surface area (Å²) in [4.78, 5) is 2.93. The Kier molecular flexibility index (Phi) is 4.14. The van der Waals surface area contributed by atoms with Crippen LogP contribution in [-0.4, -0.2) is 26.1 Å². The number of hydrogen-bond acceptors (Lipinski definition) is 4. The lowest BCUT2D eigenvalue weighted by Crippen LogP contribution is -2.42. The van der Waals surface area contributed by atoms with Crippen molar-refractivity contribution in [1.29, 1.82) is 0 Å². The zero-order valence-corrected chi connectivity index (χ0v) is 14.2. The molecular weight excluding hydrogens is 357 g/mol. The maximum absolute atomic E-state index is 12.9. The van der Waals surface area contributed by atoms with Crippen LogP contribution in [0.15, 0.2) is 41.4 Å². The number of benzene rings is 1. The van der Waals surface area contributed by atoms with Gasteiger partial charge >= 0.3 is 6.18 Å². The molecule has 1 aliphatic rings. The van der Waals surface area contributed by atoms with E-state index in [1.54, 1.807) is 25.1 Å². The minimum absolute atomic E-state index is 0.0550. The summed E-state index contributed by atoms with van der Waals surface area (Å²) < 4.78 is 70.4. The first-order valence-corrected chi connectivity index (χ1v) is 8.86. The number of ether oxygens (including phenoxy) is 1. The molecule has 1 unspecified atom stereocenters. The normalized spacial score (nSPS) is 17.8. The van der Waals surface area contributed by atoms with E-state index >= 15 is 0 Å². The van der Waals surface area contributed by atoms with Gasteiger partial charge in [0.2, 0.25) is 0 Å². The van der Waals surface area contributed by atoms with Crippen LogP contribution in [-0.2, 0) is 16.2 Å². The van der Waals surface area contributed by atoms with E-state index in [0.29, 0.717) is 17.5 Å². The third-order valence-corrected chi connectivity index (χ3v) is 5.51. The number of aromatic nitrogens is 1. The van der Waals surface area contributed by atoms with Gasteiger partial charge in [-0.3, -0.25) is 9.29 Å². The molecule has 3 rings (SSSR count). The van der Waals surface area contributed by atoms with Gasteiger partial charge in [-0.2, -0.15) is 13.2 Å². The third kappa shape index (κ3) is 3.28. The summed E-state index contributed by atoms with van der Waals surface area (Å²) in [6.45, 7) is 3.62. The molecule has 0 saturated heterocycles. The van der Waals surface area contributed by atoms with Gasteiger partial charge < -0.3 is 4.74 Å². The van der Waals surface area contributed by atoms with E-state index in [0.717, 1.165) is 22.1 Å². The Morgan fingerprint density at radius 1 is 1.24 bits per heavy atom. The second kappa shape index (κ2) is 5.91. The SMILES string of the molecule is Cc1ccc2c(c1)OC(C)CN2S(=O)(=O)c1ccc(C(F)(F)F)nc1. The topological polar surface area (TPSA) is 59.5 Å². The van der Waals surface area contributed by atoms with E-state index in [-0.39, 0.29) is 11.4 Å². The summed E-state index contributed by atoms with van der Waals surface area (Å²) in [6, 6.07) is 6.65. The number of hydrogen-bond donors (Lipinski definition) is 0. The number of anilines is 1. The fourth-order valence-electron chi connectivity index (χ4n) is 2.56. The average molecular weight is 372 g/mol. The Morgan fingerprint density at radius 3 is 2.56 bits per heavy atom. The molecule has 134 valence electrons. The van der Waals surface area contributed by atoms with Crippen molar-refractivity contribution in [3.63, 3.8) is 0 Å². The molecule has 9 heteroatoms. The van der Waals surface area contributed by atoms with Gasteiger partial charge in [-0.1, -0.05) is 6.07 Å². The Balaban J connectivity index is 2.03. The monoisotopic (exact) mass is 372 g/mol. The summed E-state index contributed by atoms with van der Waals surface area (Å²) in [5.74, 6) is 0.419. The van der Waals surface area contributed by atoms with E-state index < -0.39 is 28.0 Å². The minimum atomic E-state index is -4.63. The van der Waals surface area contributed by atoms with E-state index in [4.69, 9.17) is 4.74 Å². The first-order valence-electron chi connectivity index (χ1n) is 7.42. The highest BCUT2D eigenvalue weighted by Crippen LogP contribution is 2.37. The Morgan fingerprint density at radius 2 is 1.96 bits per heavy atom. The molecule has 1 aliphatic heterocycles. The largest absolute Gasteiger partial charge is 0.487 e.